The third-order valence-corrected chi connectivity index (χ3v) is 4.82. The van der Waals surface area contributed by atoms with Gasteiger partial charge >= 0.3 is 0 Å². The van der Waals surface area contributed by atoms with Crippen molar-refractivity contribution in [1.82, 2.24) is 10.6 Å². The van der Waals surface area contributed by atoms with E-state index >= 15 is 0 Å². The maximum atomic E-state index is 14.0. The van der Waals surface area contributed by atoms with E-state index in [1.807, 2.05) is 13.0 Å². The standard InChI is InChI=1S/C19H27FN4O.HI/c1-3-22-18(24-14-19(7-4-8-19)9-10-25-2)23-13-16-6-5-15(12-21)11-17(16)20;/h5-6,11H,3-4,7-10,13-14H2,1-2H3,(H2,22,23,24);1H. The number of nitrogens with zero attached hydrogens (tertiary/aromatic N) is 2. The zero-order valence-corrected chi connectivity index (χ0v) is 17.8. The molecule has 0 bridgehead atoms. The molecular formula is C19H28FIN4O. The number of nitrogens with one attached hydrogen (secondary N) is 2. The van der Waals surface area contributed by atoms with Crippen molar-refractivity contribution in [3.63, 3.8) is 0 Å². The van der Waals surface area contributed by atoms with Crippen LogP contribution in [0.25, 0.3) is 0 Å². The molecule has 1 saturated carbocycles. The Morgan fingerprint density at radius 3 is 2.69 bits per heavy atom. The van der Waals surface area contributed by atoms with Gasteiger partial charge in [-0.2, -0.15) is 5.26 Å². The Bertz CT molecular complexity index is 641. The number of ether oxygens (including phenoxy) is 1. The smallest absolute Gasteiger partial charge is 0.191 e. The van der Waals surface area contributed by atoms with Crippen LogP contribution in [0.1, 0.15) is 43.7 Å². The third-order valence-electron chi connectivity index (χ3n) is 4.82. The molecule has 0 aromatic heterocycles. The van der Waals surface area contributed by atoms with Gasteiger partial charge in [0.05, 0.1) is 18.2 Å². The highest BCUT2D eigenvalue weighted by atomic mass is 127. The maximum absolute atomic E-state index is 14.0. The molecule has 26 heavy (non-hydrogen) atoms. The molecule has 0 spiro atoms. The zero-order chi connectivity index (χ0) is 18.1. The normalized spacial score (nSPS) is 15.4. The van der Waals surface area contributed by atoms with Crippen LogP contribution in [0, 0.1) is 22.6 Å². The fourth-order valence-electron chi connectivity index (χ4n) is 3.03. The molecule has 1 fully saturated rings. The van der Waals surface area contributed by atoms with Crippen molar-refractivity contribution in [2.24, 2.45) is 10.4 Å². The number of guanidine groups is 1. The van der Waals surface area contributed by atoms with Crippen molar-refractivity contribution < 1.29 is 9.13 Å². The molecule has 0 heterocycles. The Hall–Kier alpha value is -1.40. The molecule has 5 nitrogen and oxygen atoms in total. The molecule has 1 aliphatic carbocycles. The van der Waals surface area contributed by atoms with Crippen LogP contribution in [0.15, 0.2) is 23.2 Å². The Balaban J connectivity index is 0.00000338. The van der Waals surface area contributed by atoms with E-state index in [9.17, 15) is 4.39 Å². The Morgan fingerprint density at radius 1 is 1.38 bits per heavy atom. The molecule has 1 aliphatic rings. The Morgan fingerprint density at radius 2 is 2.15 bits per heavy atom. The van der Waals surface area contributed by atoms with Crippen LogP contribution < -0.4 is 10.6 Å². The predicted molar refractivity (Wildman–Crippen MR) is 112 cm³/mol. The van der Waals surface area contributed by atoms with E-state index < -0.39 is 5.82 Å². The van der Waals surface area contributed by atoms with E-state index in [0.717, 1.165) is 26.1 Å². The highest BCUT2D eigenvalue weighted by molar-refractivity contribution is 14.0. The predicted octanol–water partition coefficient (Wildman–Crippen LogP) is 3.58. The van der Waals surface area contributed by atoms with Crippen LogP contribution in [0.4, 0.5) is 4.39 Å². The summed E-state index contributed by atoms with van der Waals surface area (Å²) < 4.78 is 19.2. The Labute approximate surface area is 172 Å². The fraction of sp³-hybridized carbons (Fsp3) is 0.579. The van der Waals surface area contributed by atoms with E-state index in [4.69, 9.17) is 10.00 Å². The summed E-state index contributed by atoms with van der Waals surface area (Å²) in [5.41, 5.74) is 1.08. The minimum absolute atomic E-state index is 0. The van der Waals surface area contributed by atoms with Gasteiger partial charge < -0.3 is 15.4 Å². The highest BCUT2D eigenvalue weighted by Gasteiger charge is 2.36. The van der Waals surface area contributed by atoms with Crippen molar-refractivity contribution in [3.8, 4) is 6.07 Å². The van der Waals surface area contributed by atoms with E-state index in [0.29, 0.717) is 17.1 Å². The first-order valence-electron chi connectivity index (χ1n) is 8.82. The number of hydrogen-bond acceptors (Lipinski definition) is 3. The summed E-state index contributed by atoms with van der Waals surface area (Å²) in [5.74, 6) is 0.296. The fourth-order valence-corrected chi connectivity index (χ4v) is 3.03. The summed E-state index contributed by atoms with van der Waals surface area (Å²) in [6, 6.07) is 6.42. The lowest BCUT2D eigenvalue weighted by molar-refractivity contribution is 0.0732. The average molecular weight is 474 g/mol. The van der Waals surface area contributed by atoms with Gasteiger partial charge in [0.15, 0.2) is 5.96 Å². The van der Waals surface area contributed by atoms with E-state index in [1.165, 1.54) is 25.3 Å². The molecule has 0 atom stereocenters. The van der Waals surface area contributed by atoms with Gasteiger partial charge in [-0.15, -0.1) is 24.0 Å². The minimum atomic E-state index is -0.394. The number of nitriles is 1. The zero-order valence-electron chi connectivity index (χ0n) is 15.5. The molecule has 0 saturated heterocycles. The lowest BCUT2D eigenvalue weighted by atomic mass is 9.67. The van der Waals surface area contributed by atoms with Crippen molar-refractivity contribution in [2.75, 3.05) is 26.8 Å². The number of methoxy groups -OCH3 is 1. The molecule has 0 unspecified atom stereocenters. The molecule has 0 amide bonds. The molecule has 144 valence electrons. The first-order chi connectivity index (χ1) is 12.1. The topological polar surface area (TPSA) is 69.4 Å². The first-order valence-corrected chi connectivity index (χ1v) is 8.82. The molecule has 1 aromatic rings. The van der Waals surface area contributed by atoms with Crippen molar-refractivity contribution in [2.45, 2.75) is 39.2 Å². The monoisotopic (exact) mass is 474 g/mol. The van der Waals surface area contributed by atoms with Crippen LogP contribution >= 0.6 is 24.0 Å². The number of halogens is 2. The number of hydrogen-bond donors (Lipinski definition) is 2. The second kappa shape index (κ2) is 11.3. The van der Waals surface area contributed by atoms with Gasteiger partial charge in [0.25, 0.3) is 0 Å². The van der Waals surface area contributed by atoms with Gasteiger partial charge in [-0.25, -0.2) is 9.38 Å². The second-order valence-corrected chi connectivity index (χ2v) is 6.56. The van der Waals surface area contributed by atoms with Gasteiger partial charge in [0.1, 0.15) is 5.82 Å². The summed E-state index contributed by atoms with van der Waals surface area (Å²) in [4.78, 5) is 4.48. The SMILES string of the molecule is CCNC(=NCc1ccc(C#N)cc1F)NCC1(CCOC)CCC1.I. The quantitative estimate of drug-likeness (QED) is 0.344. The lowest BCUT2D eigenvalue weighted by Gasteiger charge is -2.42. The lowest BCUT2D eigenvalue weighted by Crippen LogP contribution is -2.47. The molecule has 1 aromatic carbocycles. The summed E-state index contributed by atoms with van der Waals surface area (Å²) in [6.07, 6.45) is 4.70. The van der Waals surface area contributed by atoms with Crippen LogP contribution in [-0.2, 0) is 11.3 Å². The van der Waals surface area contributed by atoms with Crippen molar-refractivity contribution >= 4 is 29.9 Å². The van der Waals surface area contributed by atoms with Crippen LogP contribution in [0.2, 0.25) is 0 Å². The molecule has 0 radical (unpaired) electrons. The molecule has 2 N–H and O–H groups in total. The average Bonchev–Trinajstić information content (AvgIpc) is 2.59. The molecule has 0 aliphatic heterocycles. The van der Waals surface area contributed by atoms with Gasteiger partial charge in [-0.3, -0.25) is 0 Å². The van der Waals surface area contributed by atoms with E-state index in [-0.39, 0.29) is 35.9 Å². The Kier molecular flexibility index (Phi) is 9.88. The van der Waals surface area contributed by atoms with Gasteiger partial charge in [-0.05, 0) is 43.7 Å². The summed E-state index contributed by atoms with van der Waals surface area (Å²) in [7, 11) is 1.73. The molecule has 7 heteroatoms. The molecular weight excluding hydrogens is 446 g/mol. The summed E-state index contributed by atoms with van der Waals surface area (Å²) in [5, 5.41) is 15.4. The van der Waals surface area contributed by atoms with Crippen LogP contribution in [-0.4, -0.2) is 32.8 Å². The van der Waals surface area contributed by atoms with E-state index in [2.05, 4.69) is 15.6 Å². The minimum Gasteiger partial charge on any atom is -0.385 e. The van der Waals surface area contributed by atoms with Gasteiger partial charge in [-0.1, -0.05) is 12.5 Å². The van der Waals surface area contributed by atoms with Crippen molar-refractivity contribution in [3.05, 3.63) is 35.1 Å². The van der Waals surface area contributed by atoms with Crippen molar-refractivity contribution in [1.29, 1.82) is 5.26 Å². The largest absolute Gasteiger partial charge is 0.385 e. The second-order valence-electron chi connectivity index (χ2n) is 6.56. The maximum Gasteiger partial charge on any atom is 0.191 e. The van der Waals surface area contributed by atoms with Crippen LogP contribution in [0.3, 0.4) is 0 Å². The summed E-state index contributed by atoms with van der Waals surface area (Å²) >= 11 is 0. The molecule has 2 rings (SSSR count). The van der Waals surface area contributed by atoms with Gasteiger partial charge in [0, 0.05) is 32.4 Å². The summed E-state index contributed by atoms with van der Waals surface area (Å²) in [6.45, 7) is 4.60. The number of benzene rings is 1. The van der Waals surface area contributed by atoms with E-state index in [1.54, 1.807) is 19.2 Å². The van der Waals surface area contributed by atoms with Crippen LogP contribution in [0.5, 0.6) is 0 Å². The first kappa shape index (κ1) is 22.6. The van der Waals surface area contributed by atoms with Gasteiger partial charge in [0.2, 0.25) is 0 Å². The number of rotatable bonds is 8. The third kappa shape index (κ3) is 6.40. The number of aliphatic imine (C=N–C) groups is 1. The highest BCUT2D eigenvalue weighted by Crippen LogP contribution is 2.43.